The molecule has 3 N–H and O–H groups in total. The number of amides is 1. The minimum Gasteiger partial charge on any atom is -0.348 e. The predicted octanol–water partition coefficient (Wildman–Crippen LogP) is 3.45. The average molecular weight is 342 g/mol. The molecule has 0 spiro atoms. The molecule has 1 amide bonds. The van der Waals surface area contributed by atoms with Crippen molar-refractivity contribution < 1.29 is 4.79 Å². The summed E-state index contributed by atoms with van der Waals surface area (Å²) in [5.74, 6) is 2.16. The highest BCUT2D eigenvalue weighted by molar-refractivity contribution is 7.98. The number of nitrogens with two attached hydrogens (primary N) is 1. The van der Waals surface area contributed by atoms with Gasteiger partial charge in [-0.3, -0.25) is 4.79 Å². The van der Waals surface area contributed by atoms with E-state index in [1.807, 2.05) is 5.38 Å². The van der Waals surface area contributed by atoms with Gasteiger partial charge >= 0.3 is 0 Å². The second-order valence-corrected chi connectivity index (χ2v) is 8.18. The molecular formula is C16H27N3OS2. The topological polar surface area (TPSA) is 68.0 Å². The van der Waals surface area contributed by atoms with Crippen molar-refractivity contribution >= 4 is 29.0 Å². The van der Waals surface area contributed by atoms with Crippen molar-refractivity contribution in [3.05, 3.63) is 16.1 Å². The van der Waals surface area contributed by atoms with Gasteiger partial charge in [0.1, 0.15) is 10.7 Å². The van der Waals surface area contributed by atoms with E-state index < -0.39 is 0 Å². The molecule has 0 radical (unpaired) electrons. The largest absolute Gasteiger partial charge is 0.348 e. The van der Waals surface area contributed by atoms with Gasteiger partial charge in [0.15, 0.2) is 0 Å². The summed E-state index contributed by atoms with van der Waals surface area (Å²) >= 11 is 3.27. The summed E-state index contributed by atoms with van der Waals surface area (Å²) in [5.41, 5.74) is 6.64. The minimum atomic E-state index is -0.0624. The Labute approximate surface area is 141 Å². The van der Waals surface area contributed by atoms with Crippen molar-refractivity contribution in [1.82, 2.24) is 10.3 Å². The van der Waals surface area contributed by atoms with Crippen molar-refractivity contribution in [2.75, 3.05) is 12.0 Å². The van der Waals surface area contributed by atoms with Crippen LogP contribution in [0, 0.1) is 11.8 Å². The normalized spacial score (nSPS) is 26.6. The van der Waals surface area contributed by atoms with Gasteiger partial charge in [-0.1, -0.05) is 26.7 Å². The lowest BCUT2D eigenvalue weighted by molar-refractivity contribution is 0.0886. The van der Waals surface area contributed by atoms with Gasteiger partial charge in [0.2, 0.25) is 0 Å². The summed E-state index contributed by atoms with van der Waals surface area (Å²) < 4.78 is 0. The molecule has 2 rings (SSSR count). The predicted molar refractivity (Wildman–Crippen MR) is 95.5 cm³/mol. The molecule has 124 valence electrons. The molecule has 1 aliphatic carbocycles. The van der Waals surface area contributed by atoms with Crippen molar-refractivity contribution in [3.63, 3.8) is 0 Å². The highest BCUT2D eigenvalue weighted by Gasteiger charge is 2.29. The molecule has 1 aliphatic rings. The van der Waals surface area contributed by atoms with Gasteiger partial charge in [-0.05, 0) is 36.7 Å². The SMILES string of the molecule is CSCCC(N)c1nc(C(=O)NC2CCCC(C)C2C)cs1. The quantitative estimate of drug-likeness (QED) is 0.831. The van der Waals surface area contributed by atoms with Gasteiger partial charge in [0, 0.05) is 11.4 Å². The van der Waals surface area contributed by atoms with Crippen molar-refractivity contribution in [2.45, 2.75) is 51.6 Å². The van der Waals surface area contributed by atoms with E-state index >= 15 is 0 Å². The Morgan fingerprint density at radius 2 is 2.32 bits per heavy atom. The van der Waals surface area contributed by atoms with Crippen LogP contribution in [-0.2, 0) is 0 Å². The van der Waals surface area contributed by atoms with Crippen molar-refractivity contribution in [2.24, 2.45) is 17.6 Å². The summed E-state index contributed by atoms with van der Waals surface area (Å²) in [5, 5.41) is 5.87. The number of carbonyl (C=O) groups is 1. The molecule has 1 saturated carbocycles. The van der Waals surface area contributed by atoms with Crippen LogP contribution in [0.3, 0.4) is 0 Å². The van der Waals surface area contributed by atoms with E-state index in [2.05, 4.69) is 30.4 Å². The summed E-state index contributed by atoms with van der Waals surface area (Å²) in [6.45, 7) is 4.51. The zero-order chi connectivity index (χ0) is 16.1. The standard InChI is InChI=1S/C16H27N3OS2/c1-10-5-4-6-13(11(10)2)18-15(20)14-9-22-16(19-14)12(17)7-8-21-3/h9-13H,4-8,17H2,1-3H3,(H,18,20). The van der Waals surface area contributed by atoms with Crippen LogP contribution in [0.25, 0.3) is 0 Å². The number of aromatic nitrogens is 1. The molecule has 6 heteroatoms. The Bertz CT molecular complexity index is 491. The highest BCUT2D eigenvalue weighted by atomic mass is 32.2. The molecule has 0 aromatic carbocycles. The zero-order valence-electron chi connectivity index (χ0n) is 13.7. The van der Waals surface area contributed by atoms with E-state index in [0.29, 0.717) is 17.5 Å². The van der Waals surface area contributed by atoms with Crippen molar-refractivity contribution in [1.29, 1.82) is 0 Å². The van der Waals surface area contributed by atoms with Gasteiger partial charge in [-0.15, -0.1) is 11.3 Å². The highest BCUT2D eigenvalue weighted by Crippen LogP contribution is 2.29. The van der Waals surface area contributed by atoms with Crippen LogP contribution in [0.15, 0.2) is 5.38 Å². The van der Waals surface area contributed by atoms with Crippen LogP contribution in [0.4, 0.5) is 0 Å². The van der Waals surface area contributed by atoms with Crippen LogP contribution < -0.4 is 11.1 Å². The Morgan fingerprint density at radius 3 is 3.05 bits per heavy atom. The molecule has 4 atom stereocenters. The lowest BCUT2D eigenvalue weighted by atomic mass is 9.78. The molecule has 1 heterocycles. The first-order valence-electron chi connectivity index (χ1n) is 8.03. The van der Waals surface area contributed by atoms with Crippen LogP contribution in [-0.4, -0.2) is 28.9 Å². The number of hydrogen-bond donors (Lipinski definition) is 2. The minimum absolute atomic E-state index is 0.0504. The summed E-state index contributed by atoms with van der Waals surface area (Å²) in [6, 6.07) is 0.208. The van der Waals surface area contributed by atoms with Gasteiger partial charge in [-0.2, -0.15) is 11.8 Å². The maximum absolute atomic E-state index is 12.4. The smallest absolute Gasteiger partial charge is 0.270 e. The maximum Gasteiger partial charge on any atom is 0.270 e. The van der Waals surface area contributed by atoms with E-state index in [1.165, 1.54) is 24.2 Å². The monoisotopic (exact) mass is 341 g/mol. The van der Waals surface area contributed by atoms with Crippen LogP contribution in [0.1, 0.15) is 61.1 Å². The Hall–Kier alpha value is -0.590. The zero-order valence-corrected chi connectivity index (χ0v) is 15.3. The molecule has 4 nitrogen and oxygen atoms in total. The first kappa shape index (κ1) is 17.8. The molecule has 1 aromatic heterocycles. The van der Waals surface area contributed by atoms with Gasteiger partial charge in [0.05, 0.1) is 6.04 Å². The fourth-order valence-electron chi connectivity index (χ4n) is 2.96. The number of nitrogens with zero attached hydrogens (tertiary/aromatic N) is 1. The molecule has 0 saturated heterocycles. The third-order valence-electron chi connectivity index (χ3n) is 4.73. The van der Waals surface area contributed by atoms with Crippen LogP contribution in [0.2, 0.25) is 0 Å². The molecule has 0 aliphatic heterocycles. The van der Waals surface area contributed by atoms with Crippen LogP contribution in [0.5, 0.6) is 0 Å². The summed E-state index contributed by atoms with van der Waals surface area (Å²) in [7, 11) is 0. The fourth-order valence-corrected chi connectivity index (χ4v) is 4.28. The second-order valence-electron chi connectivity index (χ2n) is 6.31. The molecule has 4 unspecified atom stereocenters. The first-order valence-corrected chi connectivity index (χ1v) is 10.3. The molecule has 22 heavy (non-hydrogen) atoms. The van der Waals surface area contributed by atoms with Crippen LogP contribution >= 0.6 is 23.1 Å². The first-order chi connectivity index (χ1) is 10.5. The second kappa shape index (κ2) is 8.31. The van der Waals surface area contributed by atoms with Gasteiger partial charge in [0.25, 0.3) is 5.91 Å². The number of nitrogens with one attached hydrogen (secondary N) is 1. The number of thiazole rings is 1. The molecule has 1 aromatic rings. The summed E-state index contributed by atoms with van der Waals surface area (Å²) in [6.07, 6.45) is 6.49. The summed E-state index contributed by atoms with van der Waals surface area (Å²) in [4.78, 5) is 16.8. The Morgan fingerprint density at radius 1 is 1.55 bits per heavy atom. The molecular weight excluding hydrogens is 314 g/mol. The third kappa shape index (κ3) is 4.46. The lowest BCUT2D eigenvalue weighted by Crippen LogP contribution is -2.43. The van der Waals surface area contributed by atoms with E-state index in [4.69, 9.17) is 5.73 Å². The van der Waals surface area contributed by atoms with E-state index in [0.717, 1.165) is 23.6 Å². The number of thioether (sulfide) groups is 1. The van der Waals surface area contributed by atoms with Gasteiger partial charge in [-0.25, -0.2) is 4.98 Å². The third-order valence-corrected chi connectivity index (χ3v) is 6.35. The van der Waals surface area contributed by atoms with E-state index in [9.17, 15) is 4.79 Å². The number of carbonyl (C=O) groups excluding carboxylic acids is 1. The number of hydrogen-bond acceptors (Lipinski definition) is 5. The molecule has 1 fully saturated rings. The Kier molecular flexibility index (Phi) is 6.71. The maximum atomic E-state index is 12.4. The average Bonchev–Trinajstić information content (AvgIpc) is 2.99. The lowest BCUT2D eigenvalue weighted by Gasteiger charge is -2.34. The molecule has 0 bridgehead atoms. The van der Waals surface area contributed by atoms with E-state index in [-0.39, 0.29) is 18.0 Å². The van der Waals surface area contributed by atoms with Gasteiger partial charge < -0.3 is 11.1 Å². The van der Waals surface area contributed by atoms with E-state index in [1.54, 1.807) is 11.8 Å². The fraction of sp³-hybridized carbons (Fsp3) is 0.750. The van der Waals surface area contributed by atoms with Crippen molar-refractivity contribution in [3.8, 4) is 0 Å². The Balaban J connectivity index is 1.94. The number of rotatable bonds is 6.